The summed E-state index contributed by atoms with van der Waals surface area (Å²) in [7, 11) is 0. The smallest absolute Gasteiger partial charge is 0.335 e. The number of hydrogen-bond acceptors (Lipinski definition) is 3. The summed E-state index contributed by atoms with van der Waals surface area (Å²) < 4.78 is 5.95. The van der Waals surface area contributed by atoms with Gasteiger partial charge in [-0.3, -0.25) is 9.36 Å². The molecule has 0 aliphatic carbocycles. The maximum atomic E-state index is 12.9. The lowest BCUT2D eigenvalue weighted by Gasteiger charge is -2.21. The van der Waals surface area contributed by atoms with Crippen LogP contribution in [-0.4, -0.2) is 35.7 Å². The van der Waals surface area contributed by atoms with Crippen molar-refractivity contribution < 1.29 is 14.7 Å². The number of aryl methyl sites for hydroxylation is 1. The highest BCUT2D eigenvalue weighted by molar-refractivity contribution is 6.26. The Kier molecular flexibility index (Phi) is 4.52. The van der Waals surface area contributed by atoms with Crippen LogP contribution >= 0.6 is 0 Å². The Labute approximate surface area is 195 Å². The number of aromatic nitrogens is 4. The first-order valence-corrected chi connectivity index (χ1v) is 11.3. The minimum absolute atomic E-state index is 0.0188. The molecule has 0 saturated carbocycles. The second kappa shape index (κ2) is 7.59. The summed E-state index contributed by atoms with van der Waals surface area (Å²) >= 11 is 0. The van der Waals surface area contributed by atoms with Gasteiger partial charge in [0.1, 0.15) is 11.5 Å². The van der Waals surface area contributed by atoms with Gasteiger partial charge in [-0.1, -0.05) is 37.3 Å². The molecule has 4 heterocycles. The molecule has 0 unspecified atom stereocenters. The van der Waals surface area contributed by atoms with Crippen LogP contribution in [0.1, 0.15) is 45.4 Å². The van der Waals surface area contributed by atoms with Crippen LogP contribution in [0, 0.1) is 0 Å². The number of aromatic carboxylic acids is 1. The number of carboxylic acid groups (broad SMARTS) is 1. The quantitative estimate of drug-likeness (QED) is 0.371. The zero-order valence-corrected chi connectivity index (χ0v) is 18.6. The van der Waals surface area contributed by atoms with E-state index >= 15 is 0 Å². The van der Waals surface area contributed by atoms with Crippen LogP contribution in [-0.2, 0) is 13.0 Å². The van der Waals surface area contributed by atoms with Gasteiger partial charge in [0.15, 0.2) is 5.82 Å². The zero-order chi connectivity index (χ0) is 23.4. The summed E-state index contributed by atoms with van der Waals surface area (Å²) in [6, 6.07) is 18.7. The zero-order valence-electron chi connectivity index (χ0n) is 18.6. The van der Waals surface area contributed by atoms with Gasteiger partial charge >= 0.3 is 5.97 Å². The van der Waals surface area contributed by atoms with Crippen molar-refractivity contribution in [1.29, 1.82) is 0 Å². The first-order valence-electron chi connectivity index (χ1n) is 11.3. The SMILES string of the molecule is CCCc1nc(-n2cccc2)c(-c2c3c4ccccc4n2C3=O)n1Cc1ccc(C(=O)O)cc1. The molecule has 0 amide bonds. The molecule has 1 aliphatic heterocycles. The molecule has 1 N–H and O–H groups in total. The highest BCUT2D eigenvalue weighted by atomic mass is 16.4. The molecule has 1 aliphatic rings. The summed E-state index contributed by atoms with van der Waals surface area (Å²) in [4.78, 5) is 29.3. The molecule has 5 aromatic rings. The number of carboxylic acids is 1. The molecule has 0 atom stereocenters. The topological polar surface area (TPSA) is 82.0 Å². The molecule has 0 spiro atoms. The van der Waals surface area contributed by atoms with Crippen LogP contribution in [0.5, 0.6) is 0 Å². The second-order valence-electron chi connectivity index (χ2n) is 8.51. The number of carbonyl (C=O) groups excluding carboxylic acids is 1. The fourth-order valence-corrected chi connectivity index (χ4v) is 4.85. The standard InChI is InChI=1S/C27H22N4O3/c1-2-7-21-28-25(29-14-5-6-15-29)24(30(21)16-17-10-12-18(13-11-17)27(33)34)23-22-19-8-3-4-9-20(19)31(23)26(22)32/h3-6,8-15H,2,7,16H2,1H3,(H,33,34). The number of nitrogens with zero attached hydrogens (tertiary/aromatic N) is 4. The minimum Gasteiger partial charge on any atom is -0.478 e. The Morgan fingerprint density at radius 1 is 0.971 bits per heavy atom. The third-order valence-electron chi connectivity index (χ3n) is 6.41. The number of para-hydroxylation sites is 1. The fourth-order valence-electron chi connectivity index (χ4n) is 4.85. The van der Waals surface area contributed by atoms with Gasteiger partial charge in [-0.15, -0.1) is 0 Å². The van der Waals surface area contributed by atoms with Gasteiger partial charge < -0.3 is 14.2 Å². The van der Waals surface area contributed by atoms with E-state index in [2.05, 4.69) is 11.5 Å². The van der Waals surface area contributed by atoms with E-state index in [0.29, 0.717) is 6.54 Å². The highest BCUT2D eigenvalue weighted by Crippen LogP contribution is 2.44. The predicted molar refractivity (Wildman–Crippen MR) is 129 cm³/mol. The van der Waals surface area contributed by atoms with Crippen molar-refractivity contribution in [2.75, 3.05) is 0 Å². The molecule has 0 saturated heterocycles. The molecular weight excluding hydrogens is 428 g/mol. The van der Waals surface area contributed by atoms with E-state index in [4.69, 9.17) is 4.98 Å². The molecule has 2 aromatic carbocycles. The molecule has 0 radical (unpaired) electrons. The maximum Gasteiger partial charge on any atom is 0.335 e. The molecule has 168 valence electrons. The molecule has 7 heteroatoms. The van der Waals surface area contributed by atoms with Crippen molar-refractivity contribution in [3.05, 3.63) is 95.6 Å². The van der Waals surface area contributed by atoms with E-state index in [9.17, 15) is 14.7 Å². The van der Waals surface area contributed by atoms with Gasteiger partial charge in [-0.25, -0.2) is 9.78 Å². The Balaban J connectivity index is 1.59. The van der Waals surface area contributed by atoms with Crippen molar-refractivity contribution in [2.45, 2.75) is 26.3 Å². The Hall–Kier alpha value is -4.39. The van der Waals surface area contributed by atoms with Gasteiger partial charge in [0.05, 0.1) is 22.3 Å². The average Bonchev–Trinajstić information content (AvgIpc) is 3.60. The number of carbonyl (C=O) groups is 2. The third kappa shape index (κ3) is 2.86. The van der Waals surface area contributed by atoms with Gasteiger partial charge in [-0.2, -0.15) is 0 Å². The number of fused-ring (bicyclic) bond motifs is 5. The number of benzene rings is 2. The lowest BCUT2D eigenvalue weighted by atomic mass is 10.0. The summed E-state index contributed by atoms with van der Waals surface area (Å²) in [6.45, 7) is 2.64. The van der Waals surface area contributed by atoms with Crippen molar-refractivity contribution in [2.24, 2.45) is 0 Å². The molecule has 2 bridgehead atoms. The highest BCUT2D eigenvalue weighted by Gasteiger charge is 2.39. The minimum atomic E-state index is -0.946. The van der Waals surface area contributed by atoms with Gasteiger partial charge in [0, 0.05) is 30.7 Å². The largest absolute Gasteiger partial charge is 0.478 e. The molecule has 7 nitrogen and oxygen atoms in total. The van der Waals surface area contributed by atoms with Crippen molar-refractivity contribution in [3.63, 3.8) is 0 Å². The fraction of sp³-hybridized carbons (Fsp3) is 0.148. The van der Waals surface area contributed by atoms with Gasteiger partial charge in [-0.05, 0) is 42.3 Å². The van der Waals surface area contributed by atoms with E-state index in [1.165, 1.54) is 0 Å². The summed E-state index contributed by atoms with van der Waals surface area (Å²) in [5.41, 5.74) is 4.64. The summed E-state index contributed by atoms with van der Waals surface area (Å²) in [6.07, 6.45) is 5.63. The monoisotopic (exact) mass is 450 g/mol. The van der Waals surface area contributed by atoms with E-state index < -0.39 is 5.97 Å². The Morgan fingerprint density at radius 2 is 1.71 bits per heavy atom. The number of rotatable bonds is 7. The number of imidazole rings is 1. The van der Waals surface area contributed by atoms with E-state index in [1.54, 1.807) is 16.7 Å². The molecule has 0 fully saturated rings. The molecular formula is C27H22N4O3. The van der Waals surface area contributed by atoms with Crippen LogP contribution in [0.25, 0.3) is 28.1 Å². The van der Waals surface area contributed by atoms with Crippen LogP contribution in [0.15, 0.2) is 73.1 Å². The van der Waals surface area contributed by atoms with Crippen LogP contribution < -0.4 is 0 Å². The maximum absolute atomic E-state index is 12.9. The molecule has 3 aromatic heterocycles. The van der Waals surface area contributed by atoms with Gasteiger partial charge in [0.2, 0.25) is 0 Å². The predicted octanol–water partition coefficient (Wildman–Crippen LogP) is 5.00. The van der Waals surface area contributed by atoms with Crippen LogP contribution in [0.4, 0.5) is 0 Å². The summed E-state index contributed by atoms with van der Waals surface area (Å²) in [5, 5.41) is 10.2. The lowest BCUT2D eigenvalue weighted by Crippen LogP contribution is -2.24. The first-order chi connectivity index (χ1) is 16.6. The second-order valence-corrected chi connectivity index (χ2v) is 8.51. The first kappa shape index (κ1) is 20.2. The Morgan fingerprint density at radius 3 is 2.38 bits per heavy atom. The summed E-state index contributed by atoms with van der Waals surface area (Å²) in [5.74, 6) is 0.790. The van der Waals surface area contributed by atoms with E-state index in [-0.39, 0.29) is 11.5 Å². The van der Waals surface area contributed by atoms with E-state index in [0.717, 1.165) is 57.9 Å². The molecule has 34 heavy (non-hydrogen) atoms. The van der Waals surface area contributed by atoms with Gasteiger partial charge in [0.25, 0.3) is 5.91 Å². The number of hydrogen-bond donors (Lipinski definition) is 1. The average molecular weight is 450 g/mol. The lowest BCUT2D eigenvalue weighted by molar-refractivity contribution is 0.0696. The van der Waals surface area contributed by atoms with E-state index in [1.807, 2.05) is 65.5 Å². The van der Waals surface area contributed by atoms with Crippen LogP contribution in [0.3, 0.4) is 0 Å². The van der Waals surface area contributed by atoms with Crippen molar-refractivity contribution in [1.82, 2.24) is 18.7 Å². The van der Waals surface area contributed by atoms with Crippen molar-refractivity contribution in [3.8, 4) is 17.2 Å². The third-order valence-corrected chi connectivity index (χ3v) is 6.41. The normalized spacial score (nSPS) is 12.3. The van der Waals surface area contributed by atoms with Crippen molar-refractivity contribution >= 4 is 22.8 Å². The molecule has 6 rings (SSSR count). The van der Waals surface area contributed by atoms with Crippen LogP contribution in [0.2, 0.25) is 0 Å². The Bertz CT molecular complexity index is 1530.